The Hall–Kier alpha value is -0.640. The van der Waals surface area contributed by atoms with E-state index in [1.165, 1.54) is 6.07 Å². The summed E-state index contributed by atoms with van der Waals surface area (Å²) < 4.78 is 13.2. The van der Waals surface area contributed by atoms with Gasteiger partial charge in [0.1, 0.15) is 5.82 Å². The minimum Gasteiger partial charge on any atom is -0.396 e. The van der Waals surface area contributed by atoms with Crippen LogP contribution in [-0.2, 0) is 0 Å². The summed E-state index contributed by atoms with van der Waals surface area (Å²) in [6, 6.07) is 2.88. The van der Waals surface area contributed by atoms with Crippen LogP contribution in [0.5, 0.6) is 0 Å². The molecule has 0 aliphatic heterocycles. The second kappa shape index (κ2) is 4.73. The smallest absolute Gasteiger partial charge is 0.126 e. The Morgan fingerprint density at radius 2 is 2.21 bits per heavy atom. The molecule has 0 spiro atoms. The van der Waals surface area contributed by atoms with Crippen LogP contribution in [0.1, 0.15) is 17.0 Å². The number of hydrogen-bond acceptors (Lipinski definition) is 2. The van der Waals surface area contributed by atoms with E-state index in [4.69, 9.17) is 22.4 Å². The van der Waals surface area contributed by atoms with Crippen LogP contribution in [0.15, 0.2) is 12.1 Å². The van der Waals surface area contributed by atoms with Gasteiger partial charge in [0.05, 0.1) is 6.61 Å². The minimum absolute atomic E-state index is 0.126. The molecule has 0 saturated carbocycles. The van der Waals surface area contributed by atoms with Crippen LogP contribution in [0.25, 0.3) is 0 Å². The fourth-order valence-electron chi connectivity index (χ4n) is 1.27. The molecule has 0 amide bonds. The van der Waals surface area contributed by atoms with E-state index in [1.807, 2.05) is 0 Å². The Morgan fingerprint density at radius 1 is 1.57 bits per heavy atom. The van der Waals surface area contributed by atoms with Gasteiger partial charge >= 0.3 is 0 Å². The van der Waals surface area contributed by atoms with Crippen LogP contribution in [0.2, 0.25) is 5.02 Å². The third-order valence-corrected chi connectivity index (χ3v) is 2.55. The molecule has 0 aromatic heterocycles. The predicted octanol–water partition coefficient (Wildman–Crippen LogP) is 1.82. The second-order valence-electron chi connectivity index (χ2n) is 3.24. The van der Waals surface area contributed by atoms with Crippen molar-refractivity contribution in [3.05, 3.63) is 34.1 Å². The van der Waals surface area contributed by atoms with Crippen LogP contribution in [-0.4, -0.2) is 18.3 Å². The van der Waals surface area contributed by atoms with E-state index in [1.54, 1.807) is 13.0 Å². The summed E-state index contributed by atoms with van der Waals surface area (Å²) in [5.41, 5.74) is 6.49. The number of hydrogen-bond donors (Lipinski definition) is 2. The molecule has 0 aliphatic rings. The van der Waals surface area contributed by atoms with Crippen LogP contribution >= 0.6 is 11.6 Å². The predicted molar refractivity (Wildman–Crippen MR) is 55.0 cm³/mol. The Morgan fingerprint density at radius 3 is 2.71 bits per heavy atom. The molecule has 0 heterocycles. The van der Waals surface area contributed by atoms with Gasteiger partial charge in [-0.05, 0) is 30.2 Å². The molecule has 0 aliphatic carbocycles. The molecular weight excluding hydrogens is 205 g/mol. The molecule has 2 nitrogen and oxygen atoms in total. The van der Waals surface area contributed by atoms with Gasteiger partial charge in [0.15, 0.2) is 0 Å². The van der Waals surface area contributed by atoms with Crippen molar-refractivity contribution in [3.8, 4) is 0 Å². The molecule has 1 aromatic carbocycles. The van der Waals surface area contributed by atoms with Gasteiger partial charge in [-0.1, -0.05) is 11.6 Å². The summed E-state index contributed by atoms with van der Waals surface area (Å²) in [6.07, 6.45) is 0. The first-order chi connectivity index (χ1) is 6.60. The highest BCUT2D eigenvalue weighted by Gasteiger charge is 2.14. The first-order valence-electron chi connectivity index (χ1n) is 4.36. The third-order valence-electron chi connectivity index (χ3n) is 2.22. The topological polar surface area (TPSA) is 46.2 Å². The average molecular weight is 218 g/mol. The maximum absolute atomic E-state index is 13.2. The van der Waals surface area contributed by atoms with Gasteiger partial charge in [0.25, 0.3) is 0 Å². The van der Waals surface area contributed by atoms with Gasteiger partial charge in [-0.2, -0.15) is 0 Å². The van der Waals surface area contributed by atoms with E-state index in [9.17, 15) is 4.39 Å². The Kier molecular flexibility index (Phi) is 3.86. The standard InChI is InChI=1S/C10H13ClFNO/c1-6-2-9(11)8(3-10(6)12)7(4-13)5-14/h2-3,7,14H,4-5,13H2,1H3. The highest BCUT2D eigenvalue weighted by Crippen LogP contribution is 2.26. The minimum atomic E-state index is -0.323. The van der Waals surface area contributed by atoms with Crippen molar-refractivity contribution in [2.24, 2.45) is 5.73 Å². The SMILES string of the molecule is Cc1cc(Cl)c(C(CN)CO)cc1F. The van der Waals surface area contributed by atoms with E-state index in [2.05, 4.69) is 0 Å². The van der Waals surface area contributed by atoms with Crippen LogP contribution in [0.4, 0.5) is 4.39 Å². The number of rotatable bonds is 3. The van der Waals surface area contributed by atoms with Gasteiger partial charge in [0, 0.05) is 17.5 Å². The van der Waals surface area contributed by atoms with Crippen molar-refractivity contribution in [2.45, 2.75) is 12.8 Å². The number of aryl methyl sites for hydroxylation is 1. The highest BCUT2D eigenvalue weighted by molar-refractivity contribution is 6.31. The molecule has 1 rings (SSSR count). The molecule has 0 bridgehead atoms. The zero-order valence-corrected chi connectivity index (χ0v) is 8.68. The lowest BCUT2D eigenvalue weighted by Crippen LogP contribution is -2.16. The van der Waals surface area contributed by atoms with Crippen molar-refractivity contribution in [1.82, 2.24) is 0 Å². The van der Waals surface area contributed by atoms with E-state index >= 15 is 0 Å². The molecule has 0 saturated heterocycles. The Balaban J connectivity index is 3.14. The van der Waals surface area contributed by atoms with Crippen molar-refractivity contribution in [2.75, 3.05) is 13.2 Å². The zero-order valence-electron chi connectivity index (χ0n) is 7.93. The highest BCUT2D eigenvalue weighted by atomic mass is 35.5. The van der Waals surface area contributed by atoms with Gasteiger partial charge in [0.2, 0.25) is 0 Å². The molecular formula is C10H13ClFNO. The van der Waals surface area contributed by atoms with Crippen molar-refractivity contribution in [3.63, 3.8) is 0 Å². The lowest BCUT2D eigenvalue weighted by atomic mass is 9.98. The summed E-state index contributed by atoms with van der Waals surface area (Å²) in [6.45, 7) is 1.76. The molecule has 78 valence electrons. The summed E-state index contributed by atoms with van der Waals surface area (Å²) in [5, 5.41) is 9.46. The van der Waals surface area contributed by atoms with Gasteiger partial charge < -0.3 is 10.8 Å². The Labute approximate surface area is 87.5 Å². The molecule has 1 unspecified atom stereocenters. The summed E-state index contributed by atoms with van der Waals surface area (Å²) in [4.78, 5) is 0. The first-order valence-corrected chi connectivity index (χ1v) is 4.74. The lowest BCUT2D eigenvalue weighted by Gasteiger charge is -2.14. The van der Waals surface area contributed by atoms with Crippen molar-refractivity contribution >= 4 is 11.6 Å². The fourth-order valence-corrected chi connectivity index (χ4v) is 1.65. The largest absolute Gasteiger partial charge is 0.396 e. The number of aliphatic hydroxyl groups excluding tert-OH is 1. The molecule has 0 radical (unpaired) electrons. The monoisotopic (exact) mass is 217 g/mol. The molecule has 1 aromatic rings. The normalized spacial score (nSPS) is 12.9. The molecule has 0 fully saturated rings. The van der Waals surface area contributed by atoms with E-state index < -0.39 is 0 Å². The number of nitrogens with two attached hydrogens (primary N) is 1. The number of benzene rings is 1. The zero-order chi connectivity index (χ0) is 10.7. The number of halogens is 2. The molecule has 14 heavy (non-hydrogen) atoms. The van der Waals surface area contributed by atoms with E-state index in [0.29, 0.717) is 16.1 Å². The second-order valence-corrected chi connectivity index (χ2v) is 3.65. The molecule has 1 atom stereocenters. The Bertz CT molecular complexity index is 326. The fraction of sp³-hybridized carbons (Fsp3) is 0.400. The lowest BCUT2D eigenvalue weighted by molar-refractivity contribution is 0.267. The van der Waals surface area contributed by atoms with Crippen LogP contribution in [0.3, 0.4) is 0 Å². The summed E-state index contributed by atoms with van der Waals surface area (Å²) in [7, 11) is 0. The van der Waals surface area contributed by atoms with Gasteiger partial charge in [-0.15, -0.1) is 0 Å². The summed E-state index contributed by atoms with van der Waals surface area (Å²) >= 11 is 5.92. The first kappa shape index (κ1) is 11.4. The van der Waals surface area contributed by atoms with Crippen LogP contribution < -0.4 is 5.73 Å². The van der Waals surface area contributed by atoms with E-state index in [-0.39, 0.29) is 24.9 Å². The average Bonchev–Trinajstić information content (AvgIpc) is 2.15. The maximum atomic E-state index is 13.2. The molecule has 4 heteroatoms. The van der Waals surface area contributed by atoms with E-state index in [0.717, 1.165) is 0 Å². The van der Waals surface area contributed by atoms with Crippen molar-refractivity contribution < 1.29 is 9.50 Å². The van der Waals surface area contributed by atoms with Crippen LogP contribution in [0, 0.1) is 12.7 Å². The summed E-state index contributed by atoms with van der Waals surface area (Å²) in [5.74, 6) is -0.617. The van der Waals surface area contributed by atoms with Gasteiger partial charge in [-0.25, -0.2) is 4.39 Å². The quantitative estimate of drug-likeness (QED) is 0.812. The van der Waals surface area contributed by atoms with Crippen molar-refractivity contribution in [1.29, 1.82) is 0 Å². The maximum Gasteiger partial charge on any atom is 0.126 e. The molecule has 3 N–H and O–H groups in total. The number of aliphatic hydroxyl groups is 1. The van der Waals surface area contributed by atoms with Gasteiger partial charge in [-0.3, -0.25) is 0 Å². The third kappa shape index (κ3) is 2.23.